The van der Waals surface area contributed by atoms with Crippen LogP contribution < -0.4 is 5.32 Å². The summed E-state index contributed by atoms with van der Waals surface area (Å²) < 4.78 is 4.59. The van der Waals surface area contributed by atoms with Gasteiger partial charge in [0.05, 0.1) is 7.11 Å². The van der Waals surface area contributed by atoms with Crippen molar-refractivity contribution in [3.05, 3.63) is 29.3 Å². The Labute approximate surface area is 108 Å². The van der Waals surface area contributed by atoms with Crippen molar-refractivity contribution in [1.82, 2.24) is 4.90 Å². The summed E-state index contributed by atoms with van der Waals surface area (Å²) in [5.74, 6) is 0.673. The van der Waals surface area contributed by atoms with Crippen molar-refractivity contribution in [3.63, 3.8) is 0 Å². The molecule has 0 fully saturated rings. The van der Waals surface area contributed by atoms with Gasteiger partial charge in [-0.25, -0.2) is 4.79 Å². The van der Waals surface area contributed by atoms with Gasteiger partial charge >= 0.3 is 6.09 Å². The fourth-order valence-electron chi connectivity index (χ4n) is 2.36. The fourth-order valence-corrected chi connectivity index (χ4v) is 2.36. The van der Waals surface area contributed by atoms with Crippen molar-refractivity contribution in [2.24, 2.45) is 5.92 Å². The number of nitrogens with zero attached hydrogens (tertiary/aromatic N) is 1. The summed E-state index contributed by atoms with van der Waals surface area (Å²) in [5, 5.41) is 2.70. The smallest absolute Gasteiger partial charge is 0.411 e. The molecule has 1 aromatic rings. The van der Waals surface area contributed by atoms with Crippen LogP contribution in [-0.4, -0.2) is 24.6 Å². The lowest BCUT2D eigenvalue weighted by Crippen LogP contribution is -2.21. The molecular formula is C14H20N2O2. The molecule has 18 heavy (non-hydrogen) atoms. The van der Waals surface area contributed by atoms with Crippen molar-refractivity contribution in [3.8, 4) is 0 Å². The molecule has 0 aliphatic carbocycles. The van der Waals surface area contributed by atoms with Crippen LogP contribution in [0.25, 0.3) is 0 Å². The van der Waals surface area contributed by atoms with Gasteiger partial charge in [0.25, 0.3) is 0 Å². The summed E-state index contributed by atoms with van der Waals surface area (Å²) in [4.78, 5) is 13.6. The Morgan fingerprint density at radius 2 is 2.11 bits per heavy atom. The van der Waals surface area contributed by atoms with Gasteiger partial charge in [-0.05, 0) is 29.2 Å². The maximum atomic E-state index is 11.1. The molecule has 0 spiro atoms. The van der Waals surface area contributed by atoms with Crippen molar-refractivity contribution < 1.29 is 9.53 Å². The Morgan fingerprint density at radius 1 is 1.39 bits per heavy atom. The first kappa shape index (κ1) is 12.9. The zero-order chi connectivity index (χ0) is 13.1. The molecule has 0 bridgehead atoms. The average molecular weight is 248 g/mol. The standard InChI is InChI=1S/C14H20N2O2/c1-10(2)7-16-8-11-4-5-13(6-12(11)9-16)15-14(17)18-3/h4-6,10H,7-9H2,1-3H3,(H,15,17). The maximum absolute atomic E-state index is 11.1. The highest BCUT2D eigenvalue weighted by atomic mass is 16.5. The van der Waals surface area contributed by atoms with Crippen molar-refractivity contribution in [1.29, 1.82) is 0 Å². The van der Waals surface area contributed by atoms with Crippen LogP contribution in [0.15, 0.2) is 18.2 Å². The molecule has 0 saturated heterocycles. The zero-order valence-corrected chi connectivity index (χ0v) is 11.2. The van der Waals surface area contributed by atoms with E-state index < -0.39 is 6.09 Å². The number of hydrogen-bond acceptors (Lipinski definition) is 3. The van der Waals surface area contributed by atoms with Crippen LogP contribution in [0.1, 0.15) is 25.0 Å². The van der Waals surface area contributed by atoms with Crippen LogP contribution in [0.4, 0.5) is 10.5 Å². The minimum Gasteiger partial charge on any atom is -0.453 e. The molecule has 1 N–H and O–H groups in total. The molecule has 1 aliphatic rings. The number of amides is 1. The molecule has 1 aromatic carbocycles. The Kier molecular flexibility index (Phi) is 3.87. The molecule has 1 heterocycles. The SMILES string of the molecule is COC(=O)Nc1ccc2c(c1)CN(CC(C)C)C2. The van der Waals surface area contributed by atoms with Gasteiger partial charge in [-0.15, -0.1) is 0 Å². The van der Waals surface area contributed by atoms with Crippen LogP contribution in [-0.2, 0) is 17.8 Å². The van der Waals surface area contributed by atoms with Gasteiger partial charge in [0.15, 0.2) is 0 Å². The second-order valence-electron chi connectivity index (χ2n) is 5.16. The van der Waals surface area contributed by atoms with Crippen LogP contribution in [0.5, 0.6) is 0 Å². The molecule has 0 radical (unpaired) electrons. The molecule has 0 unspecified atom stereocenters. The number of hydrogen-bond donors (Lipinski definition) is 1. The van der Waals surface area contributed by atoms with Gasteiger partial charge < -0.3 is 4.74 Å². The summed E-state index contributed by atoms with van der Waals surface area (Å²) in [5.41, 5.74) is 3.45. The topological polar surface area (TPSA) is 41.6 Å². The second kappa shape index (κ2) is 5.40. The summed E-state index contributed by atoms with van der Waals surface area (Å²) in [6.07, 6.45) is -0.424. The number of nitrogens with one attached hydrogen (secondary N) is 1. The minimum absolute atomic E-state index is 0.424. The predicted molar refractivity (Wildman–Crippen MR) is 71.4 cm³/mol. The summed E-state index contributed by atoms with van der Waals surface area (Å²) in [7, 11) is 1.37. The van der Waals surface area contributed by atoms with Gasteiger partial charge in [-0.1, -0.05) is 19.9 Å². The lowest BCUT2D eigenvalue weighted by Gasteiger charge is -2.16. The highest BCUT2D eigenvalue weighted by Gasteiger charge is 2.19. The first-order valence-corrected chi connectivity index (χ1v) is 6.27. The summed E-state index contributed by atoms with van der Waals surface area (Å²) in [6, 6.07) is 6.04. The third-order valence-corrected chi connectivity index (χ3v) is 3.05. The number of anilines is 1. The van der Waals surface area contributed by atoms with Crippen molar-refractivity contribution in [2.75, 3.05) is 19.0 Å². The average Bonchev–Trinajstić information content (AvgIpc) is 2.69. The maximum Gasteiger partial charge on any atom is 0.411 e. The van der Waals surface area contributed by atoms with Crippen LogP contribution in [0, 0.1) is 5.92 Å². The van der Waals surface area contributed by atoms with Crippen LogP contribution in [0.2, 0.25) is 0 Å². The van der Waals surface area contributed by atoms with Gasteiger partial charge in [-0.2, -0.15) is 0 Å². The van der Waals surface area contributed by atoms with E-state index in [1.165, 1.54) is 18.2 Å². The summed E-state index contributed by atoms with van der Waals surface area (Å²) >= 11 is 0. The molecule has 0 atom stereocenters. The number of ether oxygens (including phenoxy) is 1. The number of fused-ring (bicyclic) bond motifs is 1. The van der Waals surface area contributed by atoms with Gasteiger partial charge in [-0.3, -0.25) is 10.2 Å². The van der Waals surface area contributed by atoms with E-state index in [0.717, 1.165) is 25.3 Å². The van der Waals surface area contributed by atoms with E-state index in [-0.39, 0.29) is 0 Å². The molecule has 4 heteroatoms. The number of carbonyl (C=O) groups is 1. The Bertz CT molecular complexity index is 443. The largest absolute Gasteiger partial charge is 0.453 e. The lowest BCUT2D eigenvalue weighted by molar-refractivity contribution is 0.187. The monoisotopic (exact) mass is 248 g/mol. The van der Waals surface area contributed by atoms with Gasteiger partial charge in [0, 0.05) is 25.3 Å². The Balaban J connectivity index is 2.05. The number of methoxy groups -OCH3 is 1. The highest BCUT2D eigenvalue weighted by Crippen LogP contribution is 2.26. The van der Waals surface area contributed by atoms with E-state index in [1.807, 2.05) is 12.1 Å². The van der Waals surface area contributed by atoms with Crippen molar-refractivity contribution >= 4 is 11.8 Å². The highest BCUT2D eigenvalue weighted by molar-refractivity contribution is 5.84. The molecule has 1 amide bonds. The van der Waals surface area contributed by atoms with Gasteiger partial charge in [0.1, 0.15) is 0 Å². The molecule has 0 saturated carbocycles. The molecule has 2 rings (SSSR count). The van der Waals surface area contributed by atoms with E-state index in [4.69, 9.17) is 0 Å². The van der Waals surface area contributed by atoms with Gasteiger partial charge in [0.2, 0.25) is 0 Å². The van der Waals surface area contributed by atoms with Crippen LogP contribution in [0.3, 0.4) is 0 Å². The normalized spacial score (nSPS) is 14.7. The summed E-state index contributed by atoms with van der Waals surface area (Å²) in [6.45, 7) is 7.53. The molecular weight excluding hydrogens is 228 g/mol. The number of rotatable bonds is 3. The first-order chi connectivity index (χ1) is 8.58. The van der Waals surface area contributed by atoms with E-state index in [1.54, 1.807) is 0 Å². The zero-order valence-electron chi connectivity index (χ0n) is 11.2. The third kappa shape index (κ3) is 3.01. The number of benzene rings is 1. The molecule has 1 aliphatic heterocycles. The fraction of sp³-hybridized carbons (Fsp3) is 0.500. The van der Waals surface area contributed by atoms with Crippen molar-refractivity contribution in [2.45, 2.75) is 26.9 Å². The number of carbonyl (C=O) groups excluding carboxylic acids is 1. The van der Waals surface area contributed by atoms with E-state index in [2.05, 4.69) is 34.9 Å². The second-order valence-corrected chi connectivity index (χ2v) is 5.16. The molecule has 0 aromatic heterocycles. The molecule has 4 nitrogen and oxygen atoms in total. The quantitative estimate of drug-likeness (QED) is 0.894. The predicted octanol–water partition coefficient (Wildman–Crippen LogP) is 2.84. The van der Waals surface area contributed by atoms with E-state index >= 15 is 0 Å². The Morgan fingerprint density at radius 3 is 2.78 bits per heavy atom. The minimum atomic E-state index is -0.424. The third-order valence-electron chi connectivity index (χ3n) is 3.05. The molecule has 98 valence electrons. The van der Waals surface area contributed by atoms with E-state index in [9.17, 15) is 4.79 Å². The Hall–Kier alpha value is -1.55. The lowest BCUT2D eigenvalue weighted by atomic mass is 10.1. The van der Waals surface area contributed by atoms with Crippen LogP contribution >= 0.6 is 0 Å². The van der Waals surface area contributed by atoms with E-state index in [0.29, 0.717) is 5.92 Å². The first-order valence-electron chi connectivity index (χ1n) is 6.27.